The fourth-order valence-corrected chi connectivity index (χ4v) is 5.31. The van der Waals surface area contributed by atoms with Crippen LogP contribution >= 0.6 is 0 Å². The molecule has 0 aliphatic carbocycles. The van der Waals surface area contributed by atoms with Crippen molar-refractivity contribution in [2.24, 2.45) is 5.92 Å². The van der Waals surface area contributed by atoms with E-state index in [0.717, 1.165) is 12.5 Å². The van der Waals surface area contributed by atoms with Crippen LogP contribution in [-0.2, 0) is 6.42 Å². The average molecular weight is 377 g/mol. The number of hydrogen-bond acceptors (Lipinski definition) is 2. The molecule has 0 bridgehead atoms. The molecule has 150 valence electrons. The largest absolute Gasteiger partial charge is 0.312 e. The van der Waals surface area contributed by atoms with E-state index >= 15 is 0 Å². The van der Waals surface area contributed by atoms with E-state index in [0.29, 0.717) is 18.0 Å². The molecule has 2 fully saturated rings. The third-order valence-corrected chi connectivity index (χ3v) is 7.13. The molecule has 2 aromatic rings. The van der Waals surface area contributed by atoms with Crippen molar-refractivity contribution in [3.8, 4) is 0 Å². The zero-order chi connectivity index (χ0) is 19.3. The van der Waals surface area contributed by atoms with E-state index in [1.165, 1.54) is 56.3 Å². The number of hydrogen-bond donors (Lipinski definition) is 1. The van der Waals surface area contributed by atoms with Crippen LogP contribution < -0.4 is 5.32 Å². The molecular formula is C26H36N2. The van der Waals surface area contributed by atoms with Crippen molar-refractivity contribution in [1.29, 1.82) is 0 Å². The molecule has 2 aromatic carbocycles. The summed E-state index contributed by atoms with van der Waals surface area (Å²) in [6.45, 7) is 8.33. The number of rotatable bonds is 5. The van der Waals surface area contributed by atoms with Gasteiger partial charge in [0.2, 0.25) is 0 Å². The summed E-state index contributed by atoms with van der Waals surface area (Å²) in [4.78, 5) is 2.75. The number of likely N-dealkylation sites (tertiary alicyclic amines) is 1. The minimum atomic E-state index is 0.616. The van der Waals surface area contributed by atoms with Crippen LogP contribution in [0.2, 0.25) is 0 Å². The third-order valence-electron chi connectivity index (χ3n) is 7.13. The molecule has 2 aliphatic rings. The second-order valence-electron chi connectivity index (χ2n) is 9.11. The highest BCUT2D eigenvalue weighted by atomic mass is 15.2. The summed E-state index contributed by atoms with van der Waals surface area (Å²) in [5.41, 5.74) is 4.44. The Balaban J connectivity index is 1.30. The minimum absolute atomic E-state index is 0.616. The molecule has 0 saturated carbocycles. The van der Waals surface area contributed by atoms with Gasteiger partial charge >= 0.3 is 0 Å². The van der Waals surface area contributed by atoms with Crippen LogP contribution in [0.1, 0.15) is 55.2 Å². The third kappa shape index (κ3) is 4.85. The lowest BCUT2D eigenvalue weighted by molar-refractivity contribution is 0.104. The van der Waals surface area contributed by atoms with Gasteiger partial charge in [-0.2, -0.15) is 0 Å². The summed E-state index contributed by atoms with van der Waals surface area (Å²) >= 11 is 0. The van der Waals surface area contributed by atoms with Crippen LogP contribution in [0.4, 0.5) is 0 Å². The molecule has 2 nitrogen and oxygen atoms in total. The summed E-state index contributed by atoms with van der Waals surface area (Å²) in [6, 6.07) is 21.4. The van der Waals surface area contributed by atoms with Crippen molar-refractivity contribution in [3.63, 3.8) is 0 Å². The van der Waals surface area contributed by atoms with Gasteiger partial charge in [0, 0.05) is 12.1 Å². The number of nitrogens with one attached hydrogen (secondary N) is 1. The van der Waals surface area contributed by atoms with Gasteiger partial charge in [-0.25, -0.2) is 0 Å². The Morgan fingerprint density at radius 3 is 2.54 bits per heavy atom. The van der Waals surface area contributed by atoms with Crippen LogP contribution in [0.15, 0.2) is 54.6 Å². The number of benzene rings is 2. The first-order valence-corrected chi connectivity index (χ1v) is 11.3. The smallest absolute Gasteiger partial charge is 0.0226 e. The van der Waals surface area contributed by atoms with Crippen molar-refractivity contribution < 1.29 is 0 Å². The maximum atomic E-state index is 3.84. The Labute approximate surface area is 171 Å². The zero-order valence-corrected chi connectivity index (χ0v) is 17.6. The van der Waals surface area contributed by atoms with Gasteiger partial charge in [0.15, 0.2) is 0 Å². The summed E-state index contributed by atoms with van der Waals surface area (Å²) < 4.78 is 0. The molecule has 3 unspecified atom stereocenters. The molecule has 2 aliphatic heterocycles. The van der Waals surface area contributed by atoms with Gasteiger partial charge in [0.25, 0.3) is 0 Å². The molecule has 1 N–H and O–H groups in total. The second-order valence-corrected chi connectivity index (χ2v) is 9.11. The molecule has 0 radical (unpaired) electrons. The lowest BCUT2D eigenvalue weighted by Crippen LogP contribution is -2.53. The normalized spacial score (nSPS) is 25.5. The minimum Gasteiger partial charge on any atom is -0.312 e. The van der Waals surface area contributed by atoms with Crippen molar-refractivity contribution >= 4 is 0 Å². The molecule has 2 heteroatoms. The Morgan fingerprint density at radius 2 is 1.79 bits per heavy atom. The molecule has 28 heavy (non-hydrogen) atoms. The van der Waals surface area contributed by atoms with Crippen molar-refractivity contribution in [2.75, 3.05) is 19.6 Å². The molecule has 0 amide bonds. The van der Waals surface area contributed by atoms with Crippen LogP contribution in [0.25, 0.3) is 0 Å². The van der Waals surface area contributed by atoms with E-state index < -0.39 is 0 Å². The van der Waals surface area contributed by atoms with Crippen LogP contribution in [0, 0.1) is 12.8 Å². The highest BCUT2D eigenvalue weighted by Crippen LogP contribution is 2.31. The highest BCUT2D eigenvalue weighted by Gasteiger charge is 2.31. The van der Waals surface area contributed by atoms with Gasteiger partial charge in [0.05, 0.1) is 0 Å². The van der Waals surface area contributed by atoms with Crippen molar-refractivity contribution in [1.82, 2.24) is 10.2 Å². The molecule has 2 saturated heterocycles. The Morgan fingerprint density at radius 1 is 1.00 bits per heavy atom. The standard InChI is InChI=1S/C26H36N2/c1-20-7-6-10-24(17-20)25-11-14-27-26(19-25)21(2)28-15-12-23(13-16-28)18-22-8-4-3-5-9-22/h3-10,17,21,23,25-27H,11-16,18-19H2,1-2H3. The van der Waals surface area contributed by atoms with Crippen molar-refractivity contribution in [2.45, 2.75) is 64.0 Å². The summed E-state index contributed by atoms with van der Waals surface area (Å²) in [6.07, 6.45) is 6.47. The fraction of sp³-hybridized carbons (Fsp3) is 0.538. The maximum absolute atomic E-state index is 3.84. The molecule has 0 aromatic heterocycles. The van der Waals surface area contributed by atoms with Gasteiger partial charge in [-0.3, -0.25) is 4.90 Å². The van der Waals surface area contributed by atoms with Gasteiger partial charge in [0.1, 0.15) is 0 Å². The van der Waals surface area contributed by atoms with E-state index in [9.17, 15) is 0 Å². The monoisotopic (exact) mass is 376 g/mol. The zero-order valence-electron chi connectivity index (χ0n) is 17.6. The first kappa shape index (κ1) is 19.7. The molecule has 2 heterocycles. The number of aryl methyl sites for hydroxylation is 1. The SMILES string of the molecule is Cc1cccc(C2CCNC(C(C)N3CCC(Cc4ccccc4)CC3)C2)c1. The van der Waals surface area contributed by atoms with E-state index in [4.69, 9.17) is 0 Å². The summed E-state index contributed by atoms with van der Waals surface area (Å²) in [7, 11) is 0. The van der Waals surface area contributed by atoms with Crippen LogP contribution in [-0.4, -0.2) is 36.6 Å². The molecule has 0 spiro atoms. The quantitative estimate of drug-likeness (QED) is 0.774. The van der Waals surface area contributed by atoms with Crippen LogP contribution in [0.3, 0.4) is 0 Å². The topological polar surface area (TPSA) is 15.3 Å². The van der Waals surface area contributed by atoms with E-state index in [1.54, 1.807) is 5.56 Å². The first-order chi connectivity index (χ1) is 13.7. The van der Waals surface area contributed by atoms with E-state index in [1.807, 2.05) is 0 Å². The highest BCUT2D eigenvalue weighted by molar-refractivity contribution is 5.26. The fourth-order valence-electron chi connectivity index (χ4n) is 5.31. The Hall–Kier alpha value is -1.64. The maximum Gasteiger partial charge on any atom is 0.0226 e. The predicted octanol–water partition coefficient (Wildman–Crippen LogP) is 5.17. The van der Waals surface area contributed by atoms with Crippen molar-refractivity contribution in [3.05, 3.63) is 71.3 Å². The van der Waals surface area contributed by atoms with Gasteiger partial charge in [-0.05, 0) is 88.5 Å². The molecule has 4 rings (SSSR count). The van der Waals surface area contributed by atoms with E-state index in [-0.39, 0.29) is 0 Å². The van der Waals surface area contributed by atoms with Crippen LogP contribution in [0.5, 0.6) is 0 Å². The molecular weight excluding hydrogens is 340 g/mol. The van der Waals surface area contributed by atoms with E-state index in [2.05, 4.69) is 78.7 Å². The lowest BCUT2D eigenvalue weighted by Gasteiger charge is -2.42. The summed E-state index contributed by atoms with van der Waals surface area (Å²) in [5, 5.41) is 3.84. The van der Waals surface area contributed by atoms with Gasteiger partial charge in [-0.1, -0.05) is 60.2 Å². The Bertz CT molecular complexity index is 733. The summed E-state index contributed by atoms with van der Waals surface area (Å²) in [5.74, 6) is 1.56. The lowest BCUT2D eigenvalue weighted by atomic mass is 9.82. The molecule has 3 atom stereocenters. The average Bonchev–Trinajstić information content (AvgIpc) is 2.75. The first-order valence-electron chi connectivity index (χ1n) is 11.3. The number of nitrogens with zero attached hydrogens (tertiary/aromatic N) is 1. The second kappa shape index (κ2) is 9.24. The van der Waals surface area contributed by atoms with Gasteiger partial charge in [-0.15, -0.1) is 0 Å². The Kier molecular flexibility index (Phi) is 6.49. The number of piperidine rings is 2. The van der Waals surface area contributed by atoms with Gasteiger partial charge < -0.3 is 5.32 Å². The predicted molar refractivity (Wildman–Crippen MR) is 119 cm³/mol.